The minimum Gasteiger partial charge on any atom is -0.394 e. The third kappa shape index (κ3) is 3.62. The number of hydrogen-bond acceptors (Lipinski definition) is 4. The van der Waals surface area contributed by atoms with E-state index in [0.717, 1.165) is 12.8 Å². The van der Waals surface area contributed by atoms with Gasteiger partial charge in [0.1, 0.15) is 0 Å². The maximum atomic E-state index is 12.5. The van der Waals surface area contributed by atoms with Crippen LogP contribution in [0, 0.1) is 17.2 Å². The molecular formula is C15H20N2O3S. The first-order valence-electron chi connectivity index (χ1n) is 7.06. The Morgan fingerprint density at radius 2 is 2.10 bits per heavy atom. The summed E-state index contributed by atoms with van der Waals surface area (Å²) in [5, 5.41) is 18.5. The summed E-state index contributed by atoms with van der Waals surface area (Å²) in [5.41, 5.74) is -0.484. The zero-order valence-electron chi connectivity index (χ0n) is 12.0. The van der Waals surface area contributed by atoms with Gasteiger partial charge < -0.3 is 5.11 Å². The van der Waals surface area contributed by atoms with Crippen LogP contribution in [0.1, 0.15) is 38.2 Å². The van der Waals surface area contributed by atoms with Gasteiger partial charge in [-0.1, -0.05) is 13.0 Å². The van der Waals surface area contributed by atoms with Crippen LogP contribution in [0.25, 0.3) is 0 Å². The number of nitriles is 1. The van der Waals surface area contributed by atoms with Crippen molar-refractivity contribution >= 4 is 10.0 Å². The Morgan fingerprint density at radius 1 is 1.43 bits per heavy atom. The molecule has 0 amide bonds. The first kappa shape index (κ1) is 16.0. The molecule has 2 rings (SSSR count). The number of benzene rings is 1. The normalized spacial score (nSPS) is 26.2. The Bertz CT molecular complexity index is 641. The largest absolute Gasteiger partial charge is 0.394 e. The van der Waals surface area contributed by atoms with Crippen molar-refractivity contribution in [2.45, 2.75) is 43.0 Å². The Labute approximate surface area is 125 Å². The Morgan fingerprint density at radius 3 is 2.67 bits per heavy atom. The van der Waals surface area contributed by atoms with Gasteiger partial charge in [-0.15, -0.1) is 0 Å². The fourth-order valence-corrected chi connectivity index (χ4v) is 4.18. The van der Waals surface area contributed by atoms with Crippen molar-refractivity contribution in [3.8, 4) is 6.07 Å². The van der Waals surface area contributed by atoms with E-state index in [-0.39, 0.29) is 11.5 Å². The number of nitrogens with one attached hydrogen (secondary N) is 1. The van der Waals surface area contributed by atoms with Crippen LogP contribution in [0.2, 0.25) is 0 Å². The molecule has 1 aromatic rings. The van der Waals surface area contributed by atoms with E-state index in [1.54, 1.807) is 12.1 Å². The molecule has 6 heteroatoms. The van der Waals surface area contributed by atoms with E-state index in [4.69, 9.17) is 5.26 Å². The van der Waals surface area contributed by atoms with Gasteiger partial charge in [0, 0.05) is 0 Å². The molecule has 0 bridgehead atoms. The van der Waals surface area contributed by atoms with E-state index >= 15 is 0 Å². The summed E-state index contributed by atoms with van der Waals surface area (Å²) < 4.78 is 27.6. The summed E-state index contributed by atoms with van der Waals surface area (Å²) in [6.45, 7) is 1.92. The van der Waals surface area contributed by atoms with Crippen molar-refractivity contribution in [1.29, 1.82) is 5.26 Å². The van der Waals surface area contributed by atoms with Gasteiger partial charge in [0.05, 0.1) is 28.7 Å². The van der Waals surface area contributed by atoms with E-state index in [2.05, 4.69) is 11.6 Å². The van der Waals surface area contributed by atoms with Crippen LogP contribution in [0.15, 0.2) is 29.2 Å². The maximum absolute atomic E-state index is 12.5. The highest BCUT2D eigenvalue weighted by atomic mass is 32.2. The molecule has 2 N–H and O–H groups in total. The molecule has 0 aromatic heterocycles. The molecule has 0 unspecified atom stereocenters. The summed E-state index contributed by atoms with van der Waals surface area (Å²) in [6.07, 6.45) is 3.03. The van der Waals surface area contributed by atoms with Crippen molar-refractivity contribution in [3.63, 3.8) is 0 Å². The second-order valence-electron chi connectivity index (χ2n) is 5.87. The number of aliphatic hydroxyl groups excluding tert-OH is 1. The second kappa shape index (κ2) is 6.14. The molecule has 0 spiro atoms. The van der Waals surface area contributed by atoms with Crippen molar-refractivity contribution in [3.05, 3.63) is 29.8 Å². The number of aliphatic hydroxyl groups is 1. The molecule has 0 radical (unpaired) electrons. The predicted octanol–water partition coefficient (Wildman–Crippen LogP) is 1.78. The quantitative estimate of drug-likeness (QED) is 0.887. The van der Waals surface area contributed by atoms with E-state index in [9.17, 15) is 13.5 Å². The molecule has 1 aromatic carbocycles. The number of hydrogen-bond donors (Lipinski definition) is 2. The van der Waals surface area contributed by atoms with Gasteiger partial charge in [0.15, 0.2) is 0 Å². The van der Waals surface area contributed by atoms with Crippen LogP contribution < -0.4 is 4.72 Å². The molecule has 1 aliphatic rings. The molecule has 114 valence electrons. The lowest BCUT2D eigenvalue weighted by molar-refractivity contribution is 0.125. The van der Waals surface area contributed by atoms with Crippen LogP contribution in [0.4, 0.5) is 0 Å². The lowest BCUT2D eigenvalue weighted by atomic mass is 9.78. The van der Waals surface area contributed by atoms with Gasteiger partial charge >= 0.3 is 0 Å². The van der Waals surface area contributed by atoms with Gasteiger partial charge in [-0.2, -0.15) is 5.26 Å². The minimum atomic E-state index is -3.74. The summed E-state index contributed by atoms with van der Waals surface area (Å²) in [4.78, 5) is 0.0630. The van der Waals surface area contributed by atoms with Gasteiger partial charge in [-0.25, -0.2) is 13.1 Å². The smallest absolute Gasteiger partial charge is 0.241 e. The molecule has 1 aliphatic carbocycles. The summed E-state index contributed by atoms with van der Waals surface area (Å²) in [6, 6.07) is 7.84. The molecule has 0 aliphatic heterocycles. The number of sulfonamides is 1. The standard InChI is InChI=1S/C15H20N2O3S/c1-12-5-7-15(11-18,8-6-12)17-21(19,20)14-4-2-3-13(9-14)10-16/h2-4,9,12,17-18H,5-8,11H2,1H3. The van der Waals surface area contributed by atoms with E-state index in [1.807, 2.05) is 6.07 Å². The SMILES string of the molecule is CC1CCC(CO)(NS(=O)(=O)c2cccc(C#N)c2)CC1. The number of nitrogens with zero attached hydrogens (tertiary/aromatic N) is 1. The lowest BCUT2D eigenvalue weighted by Crippen LogP contribution is -2.53. The van der Waals surface area contributed by atoms with E-state index < -0.39 is 15.6 Å². The first-order chi connectivity index (χ1) is 9.91. The summed E-state index contributed by atoms with van der Waals surface area (Å²) in [7, 11) is -3.74. The predicted molar refractivity (Wildman–Crippen MR) is 78.9 cm³/mol. The molecule has 1 saturated carbocycles. The molecule has 1 fully saturated rings. The zero-order chi connectivity index (χ0) is 15.5. The second-order valence-corrected chi connectivity index (χ2v) is 7.55. The van der Waals surface area contributed by atoms with Crippen LogP contribution >= 0.6 is 0 Å². The van der Waals surface area contributed by atoms with Crippen LogP contribution in [0.3, 0.4) is 0 Å². The van der Waals surface area contributed by atoms with E-state index in [1.165, 1.54) is 12.1 Å². The molecule has 0 saturated heterocycles. The maximum Gasteiger partial charge on any atom is 0.241 e. The van der Waals surface area contributed by atoms with Crippen LogP contribution in [0.5, 0.6) is 0 Å². The van der Waals surface area contributed by atoms with Crippen molar-refractivity contribution in [2.75, 3.05) is 6.61 Å². The van der Waals surface area contributed by atoms with Gasteiger partial charge in [0.25, 0.3) is 0 Å². The third-order valence-corrected chi connectivity index (χ3v) is 5.73. The average molecular weight is 308 g/mol. The van der Waals surface area contributed by atoms with Crippen LogP contribution in [-0.4, -0.2) is 25.7 Å². The topological polar surface area (TPSA) is 90.2 Å². The lowest BCUT2D eigenvalue weighted by Gasteiger charge is -2.38. The van der Waals surface area contributed by atoms with Crippen LogP contribution in [-0.2, 0) is 10.0 Å². The highest BCUT2D eigenvalue weighted by molar-refractivity contribution is 7.89. The molecule has 5 nitrogen and oxygen atoms in total. The third-order valence-electron chi connectivity index (χ3n) is 4.16. The molecule has 0 atom stereocenters. The monoisotopic (exact) mass is 308 g/mol. The molecule has 21 heavy (non-hydrogen) atoms. The fourth-order valence-electron chi connectivity index (χ4n) is 2.68. The first-order valence-corrected chi connectivity index (χ1v) is 8.54. The average Bonchev–Trinajstić information content (AvgIpc) is 2.50. The Kier molecular flexibility index (Phi) is 4.67. The van der Waals surface area contributed by atoms with Crippen molar-refractivity contribution in [2.24, 2.45) is 5.92 Å². The van der Waals surface area contributed by atoms with E-state index in [0.29, 0.717) is 24.3 Å². The highest BCUT2D eigenvalue weighted by Crippen LogP contribution is 2.32. The summed E-state index contributed by atoms with van der Waals surface area (Å²) in [5.74, 6) is 0.552. The zero-order valence-corrected chi connectivity index (χ0v) is 12.9. The molecular weight excluding hydrogens is 288 g/mol. The van der Waals surface area contributed by atoms with Gasteiger partial charge in [0.2, 0.25) is 10.0 Å². The van der Waals surface area contributed by atoms with Gasteiger partial charge in [-0.05, 0) is 49.8 Å². The van der Waals surface area contributed by atoms with Crippen molar-refractivity contribution < 1.29 is 13.5 Å². The Hall–Kier alpha value is -1.42. The van der Waals surface area contributed by atoms with Crippen molar-refractivity contribution in [1.82, 2.24) is 4.72 Å². The minimum absolute atomic E-state index is 0.0630. The number of rotatable bonds is 4. The highest BCUT2D eigenvalue weighted by Gasteiger charge is 2.37. The fraction of sp³-hybridized carbons (Fsp3) is 0.533. The summed E-state index contributed by atoms with van der Waals surface area (Å²) >= 11 is 0. The Balaban J connectivity index is 2.25. The van der Waals surface area contributed by atoms with Gasteiger partial charge in [-0.3, -0.25) is 0 Å². The molecule has 0 heterocycles.